The topological polar surface area (TPSA) is 49.8 Å². The highest BCUT2D eigenvalue weighted by Gasteiger charge is 2.18. The number of hydrogen-bond donors (Lipinski definition) is 1. The number of amides is 1. The van der Waals surface area contributed by atoms with E-state index in [-0.39, 0.29) is 17.6 Å². The number of rotatable bonds is 3. The molecule has 0 spiro atoms. The van der Waals surface area contributed by atoms with Gasteiger partial charge in [0.1, 0.15) is 5.75 Å². The van der Waals surface area contributed by atoms with Crippen molar-refractivity contribution in [3.63, 3.8) is 0 Å². The van der Waals surface area contributed by atoms with Crippen LogP contribution in [0.15, 0.2) is 18.2 Å². The van der Waals surface area contributed by atoms with Gasteiger partial charge in [0.2, 0.25) is 0 Å². The summed E-state index contributed by atoms with van der Waals surface area (Å²) in [7, 11) is 2.96. The zero-order chi connectivity index (χ0) is 12.3. The molecule has 0 fully saturated rings. The average molecular weight is 223 g/mol. The van der Waals surface area contributed by atoms with Gasteiger partial charge in [0.05, 0.1) is 7.11 Å². The lowest BCUT2D eigenvalue weighted by Crippen LogP contribution is -2.26. The molecular weight excluding hydrogens is 206 g/mol. The van der Waals surface area contributed by atoms with Crippen LogP contribution in [0.1, 0.15) is 35.7 Å². The van der Waals surface area contributed by atoms with Crippen LogP contribution in [0.3, 0.4) is 0 Å². The van der Waals surface area contributed by atoms with Crippen molar-refractivity contribution in [2.75, 3.05) is 14.2 Å². The molecule has 0 radical (unpaired) electrons. The van der Waals surface area contributed by atoms with E-state index >= 15 is 0 Å². The van der Waals surface area contributed by atoms with Crippen LogP contribution in [0.2, 0.25) is 0 Å². The second kappa shape index (κ2) is 4.99. The Kier molecular flexibility index (Phi) is 3.90. The molecule has 4 heteroatoms. The number of carbonyl (C=O) groups excluding carboxylic acids is 1. The fourth-order valence-corrected chi connectivity index (χ4v) is 1.49. The number of phenols is 1. The van der Waals surface area contributed by atoms with Gasteiger partial charge in [0, 0.05) is 12.6 Å². The molecule has 1 amide bonds. The van der Waals surface area contributed by atoms with Crippen LogP contribution in [-0.2, 0) is 4.84 Å². The summed E-state index contributed by atoms with van der Waals surface area (Å²) in [5, 5.41) is 10.6. The Morgan fingerprint density at radius 1 is 1.44 bits per heavy atom. The Balaban J connectivity index is 3.19. The Morgan fingerprint density at radius 2 is 2.06 bits per heavy atom. The molecule has 0 aliphatic rings. The first kappa shape index (κ1) is 12.5. The molecule has 4 nitrogen and oxygen atoms in total. The number of phenolic OH excluding ortho intramolecular Hbond substituents is 1. The molecule has 0 saturated heterocycles. The van der Waals surface area contributed by atoms with Gasteiger partial charge in [-0.1, -0.05) is 19.9 Å². The van der Waals surface area contributed by atoms with Crippen LogP contribution < -0.4 is 0 Å². The second-order valence-electron chi connectivity index (χ2n) is 3.91. The first-order valence-corrected chi connectivity index (χ1v) is 5.12. The highest BCUT2D eigenvalue weighted by atomic mass is 16.7. The summed E-state index contributed by atoms with van der Waals surface area (Å²) in [6, 6.07) is 4.81. The van der Waals surface area contributed by atoms with Gasteiger partial charge >= 0.3 is 0 Å². The van der Waals surface area contributed by atoms with Gasteiger partial charge in [-0.05, 0) is 23.6 Å². The number of aromatic hydroxyl groups is 1. The smallest absolute Gasteiger partial charge is 0.277 e. The molecule has 1 N–H and O–H groups in total. The van der Waals surface area contributed by atoms with E-state index in [1.165, 1.54) is 20.2 Å². The number of carbonyl (C=O) groups is 1. The van der Waals surface area contributed by atoms with Crippen molar-refractivity contribution in [3.8, 4) is 5.75 Å². The summed E-state index contributed by atoms with van der Waals surface area (Å²) in [6.07, 6.45) is 0. The van der Waals surface area contributed by atoms with Gasteiger partial charge in [-0.15, -0.1) is 0 Å². The lowest BCUT2D eigenvalue weighted by molar-refractivity contribution is -0.0757. The normalized spacial score (nSPS) is 10.6. The largest absolute Gasteiger partial charge is 0.508 e. The second-order valence-corrected chi connectivity index (χ2v) is 3.91. The zero-order valence-corrected chi connectivity index (χ0v) is 10.0. The van der Waals surface area contributed by atoms with Crippen LogP contribution in [0, 0.1) is 0 Å². The van der Waals surface area contributed by atoms with Gasteiger partial charge in [-0.2, -0.15) is 0 Å². The predicted molar refractivity (Wildman–Crippen MR) is 61.3 cm³/mol. The van der Waals surface area contributed by atoms with Crippen LogP contribution >= 0.6 is 0 Å². The van der Waals surface area contributed by atoms with E-state index in [1.807, 2.05) is 13.8 Å². The molecule has 0 saturated carbocycles. The van der Waals surface area contributed by atoms with E-state index in [1.54, 1.807) is 12.1 Å². The molecule has 0 bridgehead atoms. The van der Waals surface area contributed by atoms with Crippen molar-refractivity contribution in [3.05, 3.63) is 29.3 Å². The predicted octanol–water partition coefficient (Wildman–Crippen LogP) is 2.15. The summed E-state index contributed by atoms with van der Waals surface area (Å²) >= 11 is 0. The van der Waals surface area contributed by atoms with Crippen LogP contribution in [0.5, 0.6) is 5.75 Å². The summed E-state index contributed by atoms with van der Waals surface area (Å²) < 4.78 is 0. The number of benzene rings is 1. The highest BCUT2D eigenvalue weighted by Crippen LogP contribution is 2.24. The van der Waals surface area contributed by atoms with E-state index in [0.29, 0.717) is 5.56 Å². The fourth-order valence-electron chi connectivity index (χ4n) is 1.49. The maximum absolute atomic E-state index is 11.9. The van der Waals surface area contributed by atoms with Crippen molar-refractivity contribution in [1.29, 1.82) is 0 Å². The Hall–Kier alpha value is -1.55. The van der Waals surface area contributed by atoms with Gasteiger partial charge in [0.15, 0.2) is 0 Å². The van der Waals surface area contributed by atoms with Crippen molar-refractivity contribution in [2.45, 2.75) is 19.8 Å². The molecule has 1 rings (SSSR count). The van der Waals surface area contributed by atoms with Gasteiger partial charge in [-0.25, -0.2) is 5.06 Å². The van der Waals surface area contributed by atoms with E-state index in [2.05, 4.69) is 0 Å². The molecule has 16 heavy (non-hydrogen) atoms. The quantitative estimate of drug-likeness (QED) is 0.799. The minimum atomic E-state index is -0.262. The van der Waals surface area contributed by atoms with Gasteiger partial charge in [-0.3, -0.25) is 9.63 Å². The minimum absolute atomic E-state index is 0.0808. The molecule has 0 heterocycles. The third-order valence-electron chi connectivity index (χ3n) is 2.45. The molecule has 0 atom stereocenters. The number of hydroxylamine groups is 2. The van der Waals surface area contributed by atoms with Crippen LogP contribution in [0.4, 0.5) is 0 Å². The van der Waals surface area contributed by atoms with Gasteiger partial charge in [0.25, 0.3) is 5.91 Å². The Morgan fingerprint density at radius 3 is 2.56 bits per heavy atom. The van der Waals surface area contributed by atoms with Crippen LogP contribution in [0.25, 0.3) is 0 Å². The lowest BCUT2D eigenvalue weighted by atomic mass is 9.96. The third kappa shape index (κ3) is 2.52. The monoisotopic (exact) mass is 223 g/mol. The third-order valence-corrected chi connectivity index (χ3v) is 2.45. The molecule has 1 aromatic carbocycles. The van der Waals surface area contributed by atoms with Crippen LogP contribution in [-0.4, -0.2) is 30.2 Å². The molecular formula is C12H17NO3. The van der Waals surface area contributed by atoms with E-state index in [0.717, 1.165) is 10.6 Å². The number of nitrogens with zero attached hydrogens (tertiary/aromatic N) is 1. The Labute approximate surface area is 95.4 Å². The molecule has 1 aromatic rings. The first-order chi connectivity index (χ1) is 7.47. The van der Waals surface area contributed by atoms with Crippen molar-refractivity contribution in [1.82, 2.24) is 5.06 Å². The molecule has 0 aliphatic carbocycles. The maximum Gasteiger partial charge on any atom is 0.277 e. The van der Waals surface area contributed by atoms with Gasteiger partial charge < -0.3 is 5.11 Å². The summed E-state index contributed by atoms with van der Waals surface area (Å²) in [6.45, 7) is 3.99. The summed E-state index contributed by atoms with van der Waals surface area (Å²) in [5.41, 5.74) is 1.37. The maximum atomic E-state index is 11.9. The standard InChI is InChI=1S/C12H17NO3/c1-8(2)10-6-5-9(14)7-11(10)12(15)13(3)16-4/h5-8,14H,1-4H3. The number of hydrogen-bond acceptors (Lipinski definition) is 3. The van der Waals surface area contributed by atoms with E-state index in [9.17, 15) is 9.90 Å². The highest BCUT2D eigenvalue weighted by molar-refractivity contribution is 5.95. The first-order valence-electron chi connectivity index (χ1n) is 5.12. The minimum Gasteiger partial charge on any atom is -0.508 e. The van der Waals surface area contributed by atoms with E-state index in [4.69, 9.17) is 4.84 Å². The summed E-state index contributed by atoms with van der Waals surface area (Å²) in [4.78, 5) is 16.8. The molecule has 0 aliphatic heterocycles. The molecule has 88 valence electrons. The van der Waals surface area contributed by atoms with Crippen molar-refractivity contribution < 1.29 is 14.7 Å². The molecule has 0 aromatic heterocycles. The average Bonchev–Trinajstić information content (AvgIpc) is 2.26. The fraction of sp³-hybridized carbons (Fsp3) is 0.417. The van der Waals surface area contributed by atoms with Crippen molar-refractivity contribution >= 4 is 5.91 Å². The Bertz CT molecular complexity index is 388. The lowest BCUT2D eigenvalue weighted by Gasteiger charge is -2.17. The van der Waals surface area contributed by atoms with Crippen molar-refractivity contribution in [2.24, 2.45) is 0 Å². The molecule has 0 unspecified atom stereocenters. The zero-order valence-electron chi connectivity index (χ0n) is 10.0. The SMILES string of the molecule is CON(C)C(=O)c1cc(O)ccc1C(C)C. The summed E-state index contributed by atoms with van der Waals surface area (Å²) in [5.74, 6) is 0.0316. The van der Waals surface area contributed by atoms with E-state index < -0.39 is 0 Å².